The van der Waals surface area contributed by atoms with Gasteiger partial charge in [-0.25, -0.2) is 4.79 Å². The van der Waals surface area contributed by atoms with Gasteiger partial charge in [0.15, 0.2) is 0 Å². The van der Waals surface area contributed by atoms with Crippen LogP contribution < -0.4 is 10.6 Å². The van der Waals surface area contributed by atoms with Crippen molar-refractivity contribution in [3.05, 3.63) is 11.8 Å². The van der Waals surface area contributed by atoms with Crippen LogP contribution in [0.1, 0.15) is 0 Å². The SMILES string of the molecule is COC=C1C(=O)NC(=O)NC1=O. The van der Waals surface area contributed by atoms with E-state index in [2.05, 4.69) is 4.74 Å². The average Bonchev–Trinajstić information content (AvgIpc) is 1.96. The van der Waals surface area contributed by atoms with Gasteiger partial charge in [0, 0.05) is 0 Å². The lowest BCUT2D eigenvalue weighted by Crippen LogP contribution is -2.51. The third-order valence-corrected chi connectivity index (χ3v) is 1.18. The van der Waals surface area contributed by atoms with E-state index in [9.17, 15) is 14.4 Å². The van der Waals surface area contributed by atoms with Gasteiger partial charge in [0.2, 0.25) is 0 Å². The molecule has 0 aromatic rings. The molecule has 0 atom stereocenters. The molecule has 0 aromatic carbocycles. The number of amides is 4. The first-order valence-corrected chi connectivity index (χ1v) is 3.04. The predicted molar refractivity (Wildman–Crippen MR) is 36.8 cm³/mol. The fraction of sp³-hybridized carbons (Fsp3) is 0.167. The molecule has 1 fully saturated rings. The smallest absolute Gasteiger partial charge is 0.328 e. The molecule has 1 rings (SSSR count). The van der Waals surface area contributed by atoms with E-state index < -0.39 is 17.8 Å². The first kappa shape index (κ1) is 8.25. The molecule has 1 aliphatic rings. The second kappa shape index (κ2) is 3.04. The van der Waals surface area contributed by atoms with Gasteiger partial charge in [-0.15, -0.1) is 0 Å². The van der Waals surface area contributed by atoms with E-state index in [1.807, 2.05) is 10.6 Å². The van der Waals surface area contributed by atoms with Gasteiger partial charge in [0.25, 0.3) is 11.8 Å². The molecule has 2 N–H and O–H groups in total. The Morgan fingerprint density at radius 2 is 1.67 bits per heavy atom. The molecule has 0 aliphatic carbocycles. The summed E-state index contributed by atoms with van der Waals surface area (Å²) in [6.07, 6.45) is 0.969. The Hall–Kier alpha value is -1.85. The summed E-state index contributed by atoms with van der Waals surface area (Å²) in [4.78, 5) is 32.2. The fourth-order valence-electron chi connectivity index (χ4n) is 0.700. The van der Waals surface area contributed by atoms with Crippen LogP contribution in [0.2, 0.25) is 0 Å². The second-order valence-electron chi connectivity index (χ2n) is 2.00. The Morgan fingerprint density at radius 1 is 1.17 bits per heavy atom. The van der Waals surface area contributed by atoms with Crippen LogP contribution in [0.25, 0.3) is 0 Å². The van der Waals surface area contributed by atoms with Gasteiger partial charge in [-0.1, -0.05) is 0 Å². The largest absolute Gasteiger partial charge is 0.503 e. The summed E-state index contributed by atoms with van der Waals surface area (Å²) in [5.74, 6) is -1.52. The first-order valence-electron chi connectivity index (χ1n) is 3.04. The van der Waals surface area contributed by atoms with E-state index in [1.54, 1.807) is 0 Å². The van der Waals surface area contributed by atoms with Gasteiger partial charge >= 0.3 is 6.03 Å². The summed E-state index contributed by atoms with van der Waals surface area (Å²) in [5.41, 5.74) is -0.225. The molecule has 6 nitrogen and oxygen atoms in total. The molecule has 6 heteroatoms. The Labute approximate surface area is 67.6 Å². The van der Waals surface area contributed by atoms with Crippen LogP contribution in [0.15, 0.2) is 11.8 Å². The Bertz CT molecular complexity index is 259. The number of imide groups is 2. The highest BCUT2D eigenvalue weighted by Gasteiger charge is 2.27. The van der Waals surface area contributed by atoms with Crippen LogP contribution in [-0.2, 0) is 14.3 Å². The van der Waals surface area contributed by atoms with Crippen molar-refractivity contribution in [2.24, 2.45) is 0 Å². The highest BCUT2D eigenvalue weighted by atomic mass is 16.5. The summed E-state index contributed by atoms with van der Waals surface area (Å²) < 4.78 is 4.46. The lowest BCUT2D eigenvalue weighted by Gasteiger charge is -2.12. The molecule has 0 spiro atoms. The van der Waals surface area contributed by atoms with Gasteiger partial charge in [0.1, 0.15) is 11.8 Å². The summed E-state index contributed by atoms with van der Waals surface area (Å²) >= 11 is 0. The maximum Gasteiger partial charge on any atom is 0.328 e. The molecule has 0 aromatic heterocycles. The minimum atomic E-state index is -0.821. The maximum atomic E-state index is 10.9. The van der Waals surface area contributed by atoms with E-state index in [4.69, 9.17) is 0 Å². The predicted octanol–water partition coefficient (Wildman–Crippen LogP) is -1.12. The topological polar surface area (TPSA) is 84.5 Å². The van der Waals surface area contributed by atoms with E-state index >= 15 is 0 Å². The van der Waals surface area contributed by atoms with Crippen LogP contribution in [-0.4, -0.2) is 25.0 Å². The number of carbonyl (C=O) groups excluding carboxylic acids is 3. The maximum absolute atomic E-state index is 10.9. The van der Waals surface area contributed by atoms with Crippen molar-refractivity contribution in [3.63, 3.8) is 0 Å². The molecule has 4 amide bonds. The fourth-order valence-corrected chi connectivity index (χ4v) is 0.700. The lowest BCUT2D eigenvalue weighted by molar-refractivity contribution is -0.124. The van der Waals surface area contributed by atoms with E-state index in [0.717, 1.165) is 6.26 Å². The van der Waals surface area contributed by atoms with Crippen molar-refractivity contribution in [2.75, 3.05) is 7.11 Å². The van der Waals surface area contributed by atoms with Crippen LogP contribution >= 0.6 is 0 Å². The molecule has 0 bridgehead atoms. The van der Waals surface area contributed by atoms with Crippen molar-refractivity contribution >= 4 is 17.8 Å². The molecule has 0 saturated carbocycles. The number of nitrogens with one attached hydrogen (secondary N) is 2. The third-order valence-electron chi connectivity index (χ3n) is 1.18. The van der Waals surface area contributed by atoms with Gasteiger partial charge in [-0.3, -0.25) is 20.2 Å². The van der Waals surface area contributed by atoms with Crippen LogP contribution in [0, 0.1) is 0 Å². The van der Waals surface area contributed by atoms with E-state index in [0.29, 0.717) is 0 Å². The molecule has 12 heavy (non-hydrogen) atoms. The Kier molecular flexibility index (Phi) is 2.09. The van der Waals surface area contributed by atoms with Crippen molar-refractivity contribution < 1.29 is 19.1 Å². The summed E-state index contributed by atoms with van der Waals surface area (Å²) in [5, 5.41) is 3.77. The monoisotopic (exact) mass is 170 g/mol. The van der Waals surface area contributed by atoms with Crippen molar-refractivity contribution in [1.82, 2.24) is 10.6 Å². The molecular weight excluding hydrogens is 164 g/mol. The molecule has 1 aliphatic heterocycles. The standard InChI is InChI=1S/C6H6N2O4/c1-12-2-3-4(9)7-6(11)8-5(3)10/h2H,1H3,(H2,7,8,9,10,11). The summed E-state index contributed by atoms with van der Waals surface area (Å²) in [6, 6.07) is -0.821. The molecule has 64 valence electrons. The van der Waals surface area contributed by atoms with Gasteiger partial charge < -0.3 is 4.74 Å². The normalized spacial score (nSPS) is 16.8. The van der Waals surface area contributed by atoms with Crippen molar-refractivity contribution in [1.29, 1.82) is 0 Å². The first-order chi connectivity index (χ1) is 5.65. The second-order valence-corrected chi connectivity index (χ2v) is 2.00. The molecule has 1 saturated heterocycles. The number of barbiturate groups is 1. The molecule has 0 unspecified atom stereocenters. The molecule has 1 heterocycles. The molecular formula is C6H6N2O4. The Morgan fingerprint density at radius 3 is 2.08 bits per heavy atom. The molecule has 0 radical (unpaired) electrons. The van der Waals surface area contributed by atoms with Crippen LogP contribution in [0.3, 0.4) is 0 Å². The third kappa shape index (κ3) is 1.42. The quantitative estimate of drug-likeness (QED) is 0.296. The number of ether oxygens (including phenoxy) is 1. The minimum absolute atomic E-state index is 0.225. The van der Waals surface area contributed by atoms with Gasteiger partial charge in [-0.05, 0) is 0 Å². The zero-order valence-corrected chi connectivity index (χ0v) is 6.21. The summed E-state index contributed by atoms with van der Waals surface area (Å²) in [6.45, 7) is 0. The summed E-state index contributed by atoms with van der Waals surface area (Å²) in [7, 11) is 1.30. The van der Waals surface area contributed by atoms with Crippen molar-refractivity contribution in [3.8, 4) is 0 Å². The highest BCUT2D eigenvalue weighted by Crippen LogP contribution is 1.99. The van der Waals surface area contributed by atoms with Crippen molar-refractivity contribution in [2.45, 2.75) is 0 Å². The van der Waals surface area contributed by atoms with Gasteiger partial charge in [0.05, 0.1) is 7.11 Å². The minimum Gasteiger partial charge on any atom is -0.503 e. The number of urea groups is 1. The zero-order valence-electron chi connectivity index (χ0n) is 6.21. The number of carbonyl (C=O) groups is 3. The number of hydrogen-bond donors (Lipinski definition) is 2. The van der Waals surface area contributed by atoms with E-state index in [1.165, 1.54) is 7.11 Å². The number of rotatable bonds is 1. The Balaban J connectivity index is 2.88. The zero-order chi connectivity index (χ0) is 9.14. The lowest BCUT2D eigenvalue weighted by atomic mass is 10.2. The van der Waals surface area contributed by atoms with Gasteiger partial charge in [-0.2, -0.15) is 0 Å². The van der Waals surface area contributed by atoms with E-state index in [-0.39, 0.29) is 5.57 Å². The van der Waals surface area contributed by atoms with Crippen LogP contribution in [0.4, 0.5) is 4.79 Å². The highest BCUT2D eigenvalue weighted by molar-refractivity contribution is 6.28. The number of methoxy groups -OCH3 is 1. The van der Waals surface area contributed by atoms with Crippen LogP contribution in [0.5, 0.6) is 0 Å². The number of hydrogen-bond acceptors (Lipinski definition) is 4. The average molecular weight is 170 g/mol.